The number of benzene rings is 1. The van der Waals surface area contributed by atoms with Gasteiger partial charge in [0.1, 0.15) is 6.04 Å². The van der Waals surface area contributed by atoms with Crippen molar-refractivity contribution in [2.75, 3.05) is 6.61 Å². The van der Waals surface area contributed by atoms with Crippen molar-refractivity contribution < 1.29 is 25.0 Å². The van der Waals surface area contributed by atoms with Crippen LogP contribution in [-0.4, -0.2) is 51.5 Å². The van der Waals surface area contributed by atoms with Gasteiger partial charge in [0.05, 0.1) is 12.7 Å². The topological polar surface area (TPSA) is 145 Å². The standard InChI is InChI=1S/C21H25N3O5/c1-21(2,22)18(20(28)24-29)23-19(27)14-9-7-13(8-10-14)5-3-4-6-15-11-16(15)17(26)12-25/h7-10,15-18,25-26,29H,11-12,22H2,1-2H3,(H,23,27)(H,24,28). The second-order valence-corrected chi connectivity index (χ2v) is 7.56. The lowest BCUT2D eigenvalue weighted by Gasteiger charge is -2.29. The zero-order valence-corrected chi connectivity index (χ0v) is 16.3. The van der Waals surface area contributed by atoms with Crippen molar-refractivity contribution in [1.29, 1.82) is 0 Å². The lowest BCUT2D eigenvalue weighted by Crippen LogP contribution is -2.61. The zero-order chi connectivity index (χ0) is 21.6. The molecule has 2 rings (SSSR count). The van der Waals surface area contributed by atoms with Crippen molar-refractivity contribution in [2.24, 2.45) is 17.6 Å². The van der Waals surface area contributed by atoms with Crippen LogP contribution in [0, 0.1) is 35.5 Å². The van der Waals surface area contributed by atoms with Crippen LogP contribution in [0.2, 0.25) is 0 Å². The summed E-state index contributed by atoms with van der Waals surface area (Å²) in [5.74, 6) is 10.0. The van der Waals surface area contributed by atoms with Gasteiger partial charge in [-0.15, -0.1) is 0 Å². The fourth-order valence-corrected chi connectivity index (χ4v) is 2.75. The molecule has 7 N–H and O–H groups in total. The number of hydrogen-bond acceptors (Lipinski definition) is 6. The molecule has 1 saturated carbocycles. The smallest absolute Gasteiger partial charge is 0.267 e. The third-order valence-electron chi connectivity index (χ3n) is 4.59. The van der Waals surface area contributed by atoms with Crippen LogP contribution in [-0.2, 0) is 4.79 Å². The molecule has 0 radical (unpaired) electrons. The van der Waals surface area contributed by atoms with E-state index in [2.05, 4.69) is 29.0 Å². The monoisotopic (exact) mass is 399 g/mol. The zero-order valence-electron chi connectivity index (χ0n) is 16.3. The second kappa shape index (κ2) is 9.55. The minimum atomic E-state index is -1.12. The summed E-state index contributed by atoms with van der Waals surface area (Å²) in [5, 5.41) is 29.7. The van der Waals surface area contributed by atoms with Crippen molar-refractivity contribution in [2.45, 2.75) is 38.0 Å². The van der Waals surface area contributed by atoms with E-state index in [1.54, 1.807) is 38.1 Å². The van der Waals surface area contributed by atoms with E-state index in [4.69, 9.17) is 16.0 Å². The minimum Gasteiger partial charge on any atom is -0.394 e. The first-order valence-electron chi connectivity index (χ1n) is 9.11. The highest BCUT2D eigenvalue weighted by Crippen LogP contribution is 2.40. The molecule has 2 amide bonds. The van der Waals surface area contributed by atoms with Crippen LogP contribution in [0.1, 0.15) is 36.2 Å². The summed E-state index contributed by atoms with van der Waals surface area (Å²) in [6, 6.07) is 5.28. The van der Waals surface area contributed by atoms with Crippen LogP contribution in [0.4, 0.5) is 0 Å². The largest absolute Gasteiger partial charge is 0.394 e. The van der Waals surface area contributed by atoms with Gasteiger partial charge in [0.25, 0.3) is 11.8 Å². The molecule has 1 fully saturated rings. The van der Waals surface area contributed by atoms with Crippen LogP contribution < -0.4 is 16.5 Å². The van der Waals surface area contributed by atoms with Gasteiger partial charge >= 0.3 is 0 Å². The molecule has 0 aromatic heterocycles. The number of amides is 2. The van der Waals surface area contributed by atoms with Gasteiger partial charge in [0.2, 0.25) is 0 Å². The average Bonchev–Trinajstić information content (AvgIpc) is 3.47. The second-order valence-electron chi connectivity index (χ2n) is 7.56. The molecule has 0 spiro atoms. The van der Waals surface area contributed by atoms with Crippen molar-refractivity contribution in [3.05, 3.63) is 35.4 Å². The highest BCUT2D eigenvalue weighted by atomic mass is 16.5. The molecular formula is C21H25N3O5. The Bertz CT molecular complexity index is 868. The quantitative estimate of drug-likeness (QED) is 0.213. The van der Waals surface area contributed by atoms with Crippen LogP contribution in [0.15, 0.2) is 24.3 Å². The first-order chi connectivity index (χ1) is 13.7. The Morgan fingerprint density at radius 1 is 1.28 bits per heavy atom. The molecule has 8 nitrogen and oxygen atoms in total. The summed E-state index contributed by atoms with van der Waals surface area (Å²) in [6.07, 6.45) is 0.0311. The maximum Gasteiger partial charge on any atom is 0.267 e. The third-order valence-corrected chi connectivity index (χ3v) is 4.59. The normalized spacial score (nSPS) is 19.5. The van der Waals surface area contributed by atoms with Crippen molar-refractivity contribution in [3.8, 4) is 23.7 Å². The van der Waals surface area contributed by atoms with Crippen LogP contribution in [0.3, 0.4) is 0 Å². The summed E-state index contributed by atoms with van der Waals surface area (Å²) in [7, 11) is 0. The maximum absolute atomic E-state index is 12.4. The van der Waals surface area contributed by atoms with Crippen molar-refractivity contribution in [3.63, 3.8) is 0 Å². The molecule has 1 aliphatic rings. The number of hydrogen-bond donors (Lipinski definition) is 6. The molecule has 0 heterocycles. The van der Waals surface area contributed by atoms with Gasteiger partial charge in [-0.2, -0.15) is 0 Å². The Kier molecular flexibility index (Phi) is 7.38. The van der Waals surface area contributed by atoms with E-state index in [0.717, 1.165) is 6.42 Å². The van der Waals surface area contributed by atoms with Gasteiger partial charge < -0.3 is 21.3 Å². The van der Waals surface area contributed by atoms with Crippen molar-refractivity contribution in [1.82, 2.24) is 10.8 Å². The number of rotatable bonds is 6. The number of hydroxylamine groups is 1. The van der Waals surface area contributed by atoms with E-state index in [0.29, 0.717) is 11.1 Å². The first-order valence-corrected chi connectivity index (χ1v) is 9.11. The fourth-order valence-electron chi connectivity index (χ4n) is 2.75. The van der Waals surface area contributed by atoms with Crippen molar-refractivity contribution >= 4 is 11.8 Å². The van der Waals surface area contributed by atoms with Crippen LogP contribution in [0.5, 0.6) is 0 Å². The summed E-state index contributed by atoms with van der Waals surface area (Å²) in [4.78, 5) is 24.1. The minimum absolute atomic E-state index is 0.0161. The maximum atomic E-state index is 12.4. The lowest BCUT2D eigenvalue weighted by molar-refractivity contribution is -0.132. The van der Waals surface area contributed by atoms with Gasteiger partial charge in [0, 0.05) is 28.5 Å². The van der Waals surface area contributed by atoms with E-state index in [9.17, 15) is 14.7 Å². The van der Waals surface area contributed by atoms with Crippen LogP contribution >= 0.6 is 0 Å². The molecule has 1 aromatic rings. The van der Waals surface area contributed by atoms with Gasteiger partial charge in [-0.1, -0.05) is 11.8 Å². The number of nitrogens with one attached hydrogen (secondary N) is 2. The van der Waals surface area contributed by atoms with E-state index in [-0.39, 0.29) is 18.4 Å². The van der Waals surface area contributed by atoms with E-state index in [1.807, 2.05) is 0 Å². The predicted octanol–water partition coefficient (Wildman–Crippen LogP) is -0.628. The molecule has 154 valence electrons. The molecule has 8 heteroatoms. The third kappa shape index (κ3) is 6.31. The van der Waals surface area contributed by atoms with E-state index >= 15 is 0 Å². The highest BCUT2D eigenvalue weighted by Gasteiger charge is 2.41. The SMILES string of the molecule is CC(C)(N)C(NC(=O)c1ccc(C#CC#CC2CC2C(O)CO)cc1)C(=O)NO. The van der Waals surface area contributed by atoms with Gasteiger partial charge in [0.15, 0.2) is 0 Å². The summed E-state index contributed by atoms with van der Waals surface area (Å²) >= 11 is 0. The number of aliphatic hydroxyl groups is 2. The fraction of sp³-hybridized carbons (Fsp3) is 0.429. The first kappa shape index (κ1) is 22.4. The van der Waals surface area contributed by atoms with E-state index < -0.39 is 29.5 Å². The molecule has 29 heavy (non-hydrogen) atoms. The molecule has 0 saturated heterocycles. The highest BCUT2D eigenvalue weighted by molar-refractivity contribution is 5.97. The Morgan fingerprint density at radius 3 is 2.48 bits per heavy atom. The Morgan fingerprint density at radius 2 is 1.93 bits per heavy atom. The Balaban J connectivity index is 1.97. The number of carbonyl (C=O) groups excluding carboxylic acids is 2. The molecule has 4 unspecified atom stereocenters. The van der Waals surface area contributed by atoms with Gasteiger partial charge in [-0.25, -0.2) is 5.48 Å². The number of nitrogens with two attached hydrogens (primary N) is 1. The lowest BCUT2D eigenvalue weighted by atomic mass is 9.95. The molecule has 1 aliphatic carbocycles. The predicted molar refractivity (Wildman–Crippen MR) is 105 cm³/mol. The van der Waals surface area contributed by atoms with E-state index in [1.165, 1.54) is 5.48 Å². The molecule has 1 aromatic carbocycles. The Hall–Kier alpha value is -2.88. The number of aliphatic hydroxyl groups excluding tert-OH is 2. The molecule has 0 bridgehead atoms. The summed E-state index contributed by atoms with van der Waals surface area (Å²) < 4.78 is 0. The molecule has 0 aliphatic heterocycles. The molecule has 4 atom stereocenters. The van der Waals surface area contributed by atoms with Gasteiger partial charge in [-0.05, 0) is 56.4 Å². The summed E-state index contributed by atoms with van der Waals surface area (Å²) in [6.45, 7) is 2.85. The summed E-state index contributed by atoms with van der Waals surface area (Å²) in [5.41, 5.74) is 7.27. The Labute approximate surface area is 169 Å². The number of carbonyl (C=O) groups is 2. The van der Waals surface area contributed by atoms with Crippen LogP contribution in [0.25, 0.3) is 0 Å². The van der Waals surface area contributed by atoms with Gasteiger partial charge in [-0.3, -0.25) is 14.8 Å². The average molecular weight is 399 g/mol. The molecular weight excluding hydrogens is 374 g/mol.